The Morgan fingerprint density at radius 2 is 2.00 bits per heavy atom. The number of carbonyl (C=O) groups excluding carboxylic acids is 2. The number of esters is 1. The first-order chi connectivity index (χ1) is 8.49. The van der Waals surface area contributed by atoms with E-state index in [1.807, 2.05) is 6.92 Å². The number of benzene rings is 1. The number of halogens is 1. The number of rotatable bonds is 5. The van der Waals surface area contributed by atoms with Crippen LogP contribution in [0.5, 0.6) is 5.75 Å². The summed E-state index contributed by atoms with van der Waals surface area (Å²) in [5.41, 5.74) is 1.29. The van der Waals surface area contributed by atoms with Crippen LogP contribution in [0.15, 0.2) is 18.2 Å². The van der Waals surface area contributed by atoms with Crippen molar-refractivity contribution in [3.05, 3.63) is 29.3 Å². The van der Waals surface area contributed by atoms with Crippen molar-refractivity contribution in [2.45, 2.75) is 18.7 Å². The van der Waals surface area contributed by atoms with Crippen LogP contribution in [-0.2, 0) is 9.53 Å². The van der Waals surface area contributed by atoms with Gasteiger partial charge in [0.05, 0.1) is 20.6 Å². The summed E-state index contributed by atoms with van der Waals surface area (Å²) in [6.07, 6.45) is -0.137. The molecule has 0 fully saturated rings. The van der Waals surface area contributed by atoms with Crippen LogP contribution in [0, 0.1) is 6.92 Å². The van der Waals surface area contributed by atoms with E-state index < -0.39 is 11.3 Å². The topological polar surface area (TPSA) is 52.6 Å². The molecule has 0 heterocycles. The molecule has 98 valence electrons. The summed E-state index contributed by atoms with van der Waals surface area (Å²) in [4.78, 5) is 23.0. The van der Waals surface area contributed by atoms with Gasteiger partial charge in [0.1, 0.15) is 11.1 Å². The summed E-state index contributed by atoms with van der Waals surface area (Å²) < 4.78 is 9.58. The van der Waals surface area contributed by atoms with E-state index in [-0.39, 0.29) is 12.2 Å². The molecular weight excluding hydrogens is 256 g/mol. The lowest BCUT2D eigenvalue weighted by atomic mass is 10.0. The molecule has 0 aromatic heterocycles. The highest BCUT2D eigenvalue weighted by Crippen LogP contribution is 2.21. The molecule has 5 heteroatoms. The van der Waals surface area contributed by atoms with Gasteiger partial charge in [-0.15, -0.1) is 11.6 Å². The molecule has 4 nitrogen and oxygen atoms in total. The average Bonchev–Trinajstić information content (AvgIpc) is 2.37. The predicted octanol–water partition coefficient (Wildman–Crippen LogP) is 2.36. The van der Waals surface area contributed by atoms with Crippen molar-refractivity contribution in [3.8, 4) is 5.75 Å². The zero-order valence-electron chi connectivity index (χ0n) is 10.5. The van der Waals surface area contributed by atoms with Crippen LogP contribution >= 0.6 is 11.6 Å². The third-order valence-electron chi connectivity index (χ3n) is 2.54. The SMILES string of the molecule is COC(=O)CC(Cl)C(=O)c1ccc(OC)c(C)c1. The molecule has 0 aliphatic heterocycles. The van der Waals surface area contributed by atoms with E-state index in [9.17, 15) is 9.59 Å². The summed E-state index contributed by atoms with van der Waals surface area (Å²) in [5, 5.41) is -0.912. The van der Waals surface area contributed by atoms with E-state index >= 15 is 0 Å². The van der Waals surface area contributed by atoms with Crippen LogP contribution in [0.4, 0.5) is 0 Å². The number of ether oxygens (including phenoxy) is 2. The van der Waals surface area contributed by atoms with Crippen LogP contribution in [0.3, 0.4) is 0 Å². The van der Waals surface area contributed by atoms with Gasteiger partial charge in [-0.3, -0.25) is 9.59 Å². The molecular formula is C13H15ClO4. The Labute approximate surface area is 111 Å². The highest BCUT2D eigenvalue weighted by molar-refractivity contribution is 6.34. The molecule has 0 saturated heterocycles. The van der Waals surface area contributed by atoms with Crippen molar-refractivity contribution in [3.63, 3.8) is 0 Å². The lowest BCUT2D eigenvalue weighted by Crippen LogP contribution is -2.19. The monoisotopic (exact) mass is 270 g/mol. The largest absolute Gasteiger partial charge is 0.496 e. The number of aryl methyl sites for hydroxylation is 1. The van der Waals surface area contributed by atoms with Crippen LogP contribution < -0.4 is 4.74 Å². The van der Waals surface area contributed by atoms with Gasteiger partial charge in [-0.05, 0) is 30.7 Å². The minimum Gasteiger partial charge on any atom is -0.496 e. The van der Waals surface area contributed by atoms with Gasteiger partial charge >= 0.3 is 5.97 Å². The number of hydrogen-bond donors (Lipinski definition) is 0. The fourth-order valence-electron chi connectivity index (χ4n) is 1.53. The molecule has 1 aromatic carbocycles. The highest BCUT2D eigenvalue weighted by Gasteiger charge is 2.21. The number of ketones is 1. The van der Waals surface area contributed by atoms with Crippen molar-refractivity contribution in [2.24, 2.45) is 0 Å². The quantitative estimate of drug-likeness (QED) is 0.468. The second-order valence-corrected chi connectivity index (χ2v) is 4.32. The fraction of sp³-hybridized carbons (Fsp3) is 0.385. The first kappa shape index (κ1) is 14.5. The van der Waals surface area contributed by atoms with E-state index in [0.29, 0.717) is 11.3 Å². The van der Waals surface area contributed by atoms with Gasteiger partial charge < -0.3 is 9.47 Å². The summed E-state index contributed by atoms with van der Waals surface area (Å²) in [7, 11) is 2.82. The second kappa shape index (κ2) is 6.40. The summed E-state index contributed by atoms with van der Waals surface area (Å²) in [5.74, 6) is -0.105. The average molecular weight is 271 g/mol. The van der Waals surface area contributed by atoms with Crippen molar-refractivity contribution in [1.29, 1.82) is 0 Å². The zero-order valence-corrected chi connectivity index (χ0v) is 11.3. The maximum atomic E-state index is 12.0. The molecule has 0 saturated carbocycles. The zero-order chi connectivity index (χ0) is 13.7. The third-order valence-corrected chi connectivity index (χ3v) is 2.89. The van der Waals surface area contributed by atoms with Gasteiger partial charge in [0.15, 0.2) is 5.78 Å². The number of hydrogen-bond acceptors (Lipinski definition) is 4. The van der Waals surface area contributed by atoms with Crippen LogP contribution in [0.2, 0.25) is 0 Å². The van der Waals surface area contributed by atoms with Crippen molar-refractivity contribution >= 4 is 23.4 Å². The fourth-order valence-corrected chi connectivity index (χ4v) is 1.79. The van der Waals surface area contributed by atoms with E-state index in [2.05, 4.69) is 4.74 Å². The standard InChI is InChI=1S/C13H15ClO4/c1-8-6-9(4-5-11(8)17-2)13(16)10(14)7-12(15)18-3/h4-6,10H,7H2,1-3H3. The maximum Gasteiger partial charge on any atom is 0.307 e. The molecule has 18 heavy (non-hydrogen) atoms. The van der Waals surface area contributed by atoms with Crippen LogP contribution in [0.1, 0.15) is 22.3 Å². The van der Waals surface area contributed by atoms with Crippen molar-refractivity contribution < 1.29 is 19.1 Å². The van der Waals surface area contributed by atoms with Gasteiger partial charge in [0, 0.05) is 5.56 Å². The minimum absolute atomic E-state index is 0.137. The van der Waals surface area contributed by atoms with Gasteiger partial charge in [0.25, 0.3) is 0 Å². The minimum atomic E-state index is -0.912. The summed E-state index contributed by atoms with van der Waals surface area (Å²) >= 11 is 5.88. The second-order valence-electron chi connectivity index (χ2n) is 3.80. The number of methoxy groups -OCH3 is 2. The summed E-state index contributed by atoms with van der Waals surface area (Å²) in [6.45, 7) is 1.83. The van der Waals surface area contributed by atoms with E-state index in [1.165, 1.54) is 7.11 Å². The number of Topliss-reactive ketones (excluding diaryl/α,β-unsaturated/α-hetero) is 1. The Morgan fingerprint density at radius 3 is 2.50 bits per heavy atom. The molecule has 0 aliphatic carbocycles. The van der Waals surface area contributed by atoms with Gasteiger partial charge in [-0.2, -0.15) is 0 Å². The first-order valence-electron chi connectivity index (χ1n) is 5.39. The normalized spacial score (nSPS) is 11.8. The molecule has 1 aromatic rings. The molecule has 0 spiro atoms. The van der Waals surface area contributed by atoms with E-state index in [0.717, 1.165) is 5.56 Å². The Balaban J connectivity index is 2.84. The van der Waals surface area contributed by atoms with E-state index in [1.54, 1.807) is 25.3 Å². The molecule has 1 unspecified atom stereocenters. The Kier molecular flexibility index (Phi) is 5.16. The van der Waals surface area contributed by atoms with Gasteiger partial charge in [-0.1, -0.05) is 0 Å². The predicted molar refractivity (Wildman–Crippen MR) is 68.3 cm³/mol. The van der Waals surface area contributed by atoms with Crippen LogP contribution in [0.25, 0.3) is 0 Å². The molecule has 0 N–H and O–H groups in total. The third kappa shape index (κ3) is 3.47. The van der Waals surface area contributed by atoms with Crippen LogP contribution in [-0.4, -0.2) is 31.3 Å². The lowest BCUT2D eigenvalue weighted by Gasteiger charge is -2.09. The number of carbonyl (C=O) groups is 2. The molecule has 0 bridgehead atoms. The van der Waals surface area contributed by atoms with Gasteiger partial charge in [-0.25, -0.2) is 0 Å². The molecule has 1 atom stereocenters. The lowest BCUT2D eigenvalue weighted by molar-refractivity contribution is -0.140. The Morgan fingerprint density at radius 1 is 1.33 bits per heavy atom. The van der Waals surface area contributed by atoms with E-state index in [4.69, 9.17) is 16.3 Å². The molecule has 0 radical (unpaired) electrons. The molecule has 1 rings (SSSR count). The highest BCUT2D eigenvalue weighted by atomic mass is 35.5. The maximum absolute atomic E-state index is 12.0. The Hall–Kier alpha value is -1.55. The summed E-state index contributed by atoms with van der Waals surface area (Å²) in [6, 6.07) is 5.01. The molecule has 0 aliphatic rings. The Bertz CT molecular complexity index is 456. The number of alkyl halides is 1. The smallest absolute Gasteiger partial charge is 0.307 e. The van der Waals surface area contributed by atoms with Gasteiger partial charge in [0.2, 0.25) is 0 Å². The van der Waals surface area contributed by atoms with Crippen molar-refractivity contribution in [1.82, 2.24) is 0 Å². The van der Waals surface area contributed by atoms with Crippen molar-refractivity contribution in [2.75, 3.05) is 14.2 Å². The molecule has 0 amide bonds. The first-order valence-corrected chi connectivity index (χ1v) is 5.83.